The van der Waals surface area contributed by atoms with Crippen molar-refractivity contribution in [2.45, 2.75) is 41.5 Å². The van der Waals surface area contributed by atoms with Gasteiger partial charge in [-0.25, -0.2) is 0 Å². The zero-order valence-corrected chi connectivity index (χ0v) is 8.68. The van der Waals surface area contributed by atoms with Gasteiger partial charge in [0, 0.05) is 11.9 Å². The molecule has 0 radical (unpaired) electrons. The minimum Gasteiger partial charge on any atom is -0.267 e. The molecule has 0 N–H and O–H groups in total. The van der Waals surface area contributed by atoms with Crippen LogP contribution < -0.4 is 0 Å². The third-order valence-electron chi connectivity index (χ3n) is 0.804. The summed E-state index contributed by atoms with van der Waals surface area (Å²) in [4.78, 5) is 4.10. The molecule has 0 rings (SSSR count). The molecule has 0 heterocycles. The van der Waals surface area contributed by atoms with Gasteiger partial charge >= 0.3 is 0 Å². The topological polar surface area (TPSA) is 12.4 Å². The van der Waals surface area contributed by atoms with E-state index in [1.165, 1.54) is 0 Å². The molecule has 0 saturated carbocycles. The van der Waals surface area contributed by atoms with E-state index in [0.29, 0.717) is 5.92 Å². The molecule has 0 spiro atoms. The first kappa shape index (κ1) is 13.0. The Morgan fingerprint density at radius 1 is 1.18 bits per heavy atom. The summed E-state index contributed by atoms with van der Waals surface area (Å²) >= 11 is 0. The van der Waals surface area contributed by atoms with Gasteiger partial charge in [0.05, 0.1) is 0 Å². The molecule has 0 unspecified atom stereocenters. The SMILES string of the molecule is CC.CC(C)=N/C=C\C(C)C. The molecular formula is C10H21N. The van der Waals surface area contributed by atoms with Crippen LogP contribution in [-0.2, 0) is 0 Å². The number of allylic oxidation sites excluding steroid dienone is 1. The van der Waals surface area contributed by atoms with E-state index in [0.717, 1.165) is 5.71 Å². The van der Waals surface area contributed by atoms with Gasteiger partial charge in [-0.15, -0.1) is 0 Å². The molecule has 1 nitrogen and oxygen atoms in total. The van der Waals surface area contributed by atoms with Gasteiger partial charge in [0.1, 0.15) is 0 Å². The molecule has 0 aliphatic heterocycles. The molecule has 1 heteroatoms. The molecule has 0 atom stereocenters. The second kappa shape index (κ2) is 9.41. The van der Waals surface area contributed by atoms with E-state index >= 15 is 0 Å². The van der Waals surface area contributed by atoms with Crippen LogP contribution in [0, 0.1) is 5.92 Å². The predicted molar refractivity (Wildman–Crippen MR) is 54.1 cm³/mol. The Balaban J connectivity index is 0. The lowest BCUT2D eigenvalue weighted by Crippen LogP contribution is -1.78. The summed E-state index contributed by atoms with van der Waals surface area (Å²) in [5.41, 5.74) is 1.10. The summed E-state index contributed by atoms with van der Waals surface area (Å²) in [5.74, 6) is 0.605. The standard InChI is InChI=1S/C8H15N.C2H6/c1-7(2)5-6-9-8(3)4;1-2/h5-7H,1-4H3;1-2H3/b6-5-;. The molecule has 0 aliphatic rings. The van der Waals surface area contributed by atoms with Crippen LogP contribution in [0.1, 0.15) is 41.5 Å². The van der Waals surface area contributed by atoms with Crippen molar-refractivity contribution >= 4 is 5.71 Å². The molecule has 0 saturated heterocycles. The maximum absolute atomic E-state index is 4.10. The van der Waals surface area contributed by atoms with Crippen molar-refractivity contribution < 1.29 is 0 Å². The largest absolute Gasteiger partial charge is 0.267 e. The second-order valence-corrected chi connectivity index (χ2v) is 2.66. The zero-order valence-electron chi connectivity index (χ0n) is 8.68. The molecular weight excluding hydrogens is 134 g/mol. The molecule has 0 aromatic rings. The molecule has 0 aromatic carbocycles. The number of hydrogen-bond acceptors (Lipinski definition) is 1. The summed E-state index contributed by atoms with van der Waals surface area (Å²) in [6, 6.07) is 0. The molecule has 0 amide bonds. The molecule has 11 heavy (non-hydrogen) atoms. The predicted octanol–water partition coefficient (Wildman–Crippen LogP) is 3.66. The summed E-state index contributed by atoms with van der Waals surface area (Å²) in [6.45, 7) is 12.3. The maximum Gasteiger partial charge on any atom is 0.0229 e. The van der Waals surface area contributed by atoms with Gasteiger partial charge in [0.2, 0.25) is 0 Å². The van der Waals surface area contributed by atoms with Crippen LogP contribution in [0.25, 0.3) is 0 Å². The maximum atomic E-state index is 4.10. The minimum atomic E-state index is 0.605. The van der Waals surface area contributed by atoms with Crippen molar-refractivity contribution in [2.24, 2.45) is 10.9 Å². The van der Waals surface area contributed by atoms with Gasteiger partial charge in [-0.1, -0.05) is 33.8 Å². The zero-order chi connectivity index (χ0) is 9.28. The summed E-state index contributed by atoms with van der Waals surface area (Å²) in [5, 5.41) is 0. The summed E-state index contributed by atoms with van der Waals surface area (Å²) in [6.07, 6.45) is 3.94. The van der Waals surface area contributed by atoms with Gasteiger partial charge in [0.15, 0.2) is 0 Å². The van der Waals surface area contributed by atoms with E-state index in [-0.39, 0.29) is 0 Å². The van der Waals surface area contributed by atoms with Crippen LogP contribution in [0.4, 0.5) is 0 Å². The van der Waals surface area contributed by atoms with E-state index < -0.39 is 0 Å². The second-order valence-electron chi connectivity index (χ2n) is 2.66. The van der Waals surface area contributed by atoms with Crippen molar-refractivity contribution in [3.05, 3.63) is 12.3 Å². The molecule has 0 bridgehead atoms. The monoisotopic (exact) mass is 155 g/mol. The molecule has 0 aliphatic carbocycles. The van der Waals surface area contributed by atoms with Gasteiger partial charge < -0.3 is 0 Å². The van der Waals surface area contributed by atoms with E-state index in [1.54, 1.807) is 0 Å². The van der Waals surface area contributed by atoms with Crippen LogP contribution in [0.15, 0.2) is 17.3 Å². The first-order valence-electron chi connectivity index (χ1n) is 4.30. The Kier molecular flexibility index (Phi) is 11.1. The fourth-order valence-corrected chi connectivity index (χ4v) is 0.364. The van der Waals surface area contributed by atoms with E-state index in [1.807, 2.05) is 33.9 Å². The highest BCUT2D eigenvalue weighted by molar-refractivity contribution is 5.79. The number of nitrogens with zero attached hydrogens (tertiary/aromatic N) is 1. The third-order valence-corrected chi connectivity index (χ3v) is 0.804. The first-order valence-corrected chi connectivity index (χ1v) is 4.30. The van der Waals surface area contributed by atoms with Gasteiger partial charge in [-0.05, 0) is 19.8 Å². The molecule has 0 fully saturated rings. The lowest BCUT2D eigenvalue weighted by Gasteiger charge is -1.89. The highest BCUT2D eigenvalue weighted by Gasteiger charge is 1.79. The van der Waals surface area contributed by atoms with Crippen LogP contribution in [-0.4, -0.2) is 5.71 Å². The lowest BCUT2D eigenvalue weighted by atomic mass is 10.2. The Bertz CT molecular complexity index is 117. The van der Waals surface area contributed by atoms with Crippen LogP contribution in [0.3, 0.4) is 0 Å². The summed E-state index contributed by atoms with van der Waals surface area (Å²) in [7, 11) is 0. The fourth-order valence-electron chi connectivity index (χ4n) is 0.364. The smallest absolute Gasteiger partial charge is 0.0229 e. The van der Waals surface area contributed by atoms with Gasteiger partial charge in [-0.3, -0.25) is 4.99 Å². The molecule has 66 valence electrons. The van der Waals surface area contributed by atoms with E-state index in [9.17, 15) is 0 Å². The van der Waals surface area contributed by atoms with Crippen LogP contribution in [0.5, 0.6) is 0 Å². The Morgan fingerprint density at radius 3 is 1.91 bits per heavy atom. The fraction of sp³-hybridized carbons (Fsp3) is 0.700. The summed E-state index contributed by atoms with van der Waals surface area (Å²) < 4.78 is 0. The third kappa shape index (κ3) is 17.7. The number of rotatable bonds is 2. The average molecular weight is 155 g/mol. The van der Waals surface area contributed by atoms with Crippen molar-refractivity contribution in [2.75, 3.05) is 0 Å². The van der Waals surface area contributed by atoms with Crippen molar-refractivity contribution in [1.29, 1.82) is 0 Å². The lowest BCUT2D eigenvalue weighted by molar-refractivity contribution is 0.829. The van der Waals surface area contributed by atoms with Crippen molar-refractivity contribution in [3.63, 3.8) is 0 Å². The first-order chi connectivity index (χ1) is 5.13. The highest BCUT2D eigenvalue weighted by Crippen LogP contribution is 1.93. The van der Waals surface area contributed by atoms with E-state index in [2.05, 4.69) is 24.9 Å². The minimum absolute atomic E-state index is 0.605. The molecule has 0 aromatic heterocycles. The van der Waals surface area contributed by atoms with Crippen LogP contribution >= 0.6 is 0 Å². The Morgan fingerprint density at radius 2 is 1.64 bits per heavy atom. The number of hydrogen-bond donors (Lipinski definition) is 0. The quantitative estimate of drug-likeness (QED) is 0.540. The van der Waals surface area contributed by atoms with E-state index in [4.69, 9.17) is 0 Å². The van der Waals surface area contributed by atoms with Gasteiger partial charge in [-0.2, -0.15) is 0 Å². The highest BCUT2D eigenvalue weighted by atomic mass is 14.7. The average Bonchev–Trinajstić information content (AvgIpc) is 1.90. The van der Waals surface area contributed by atoms with Gasteiger partial charge in [0.25, 0.3) is 0 Å². The van der Waals surface area contributed by atoms with Crippen molar-refractivity contribution in [3.8, 4) is 0 Å². The van der Waals surface area contributed by atoms with Crippen molar-refractivity contribution in [1.82, 2.24) is 0 Å². The number of aliphatic imine (C=N–C) groups is 1. The Labute approximate surface area is 71.2 Å². The normalized spacial score (nSPS) is 9.36. The van der Waals surface area contributed by atoms with Crippen LogP contribution in [0.2, 0.25) is 0 Å². The Hall–Kier alpha value is -0.590.